The summed E-state index contributed by atoms with van der Waals surface area (Å²) < 4.78 is 48.3. The highest BCUT2D eigenvalue weighted by molar-refractivity contribution is 6.09. The maximum absolute atomic E-state index is 13.7. The number of anilines is 2. The number of rotatable bonds is 5. The summed E-state index contributed by atoms with van der Waals surface area (Å²) >= 11 is 0. The lowest BCUT2D eigenvalue weighted by molar-refractivity contribution is -0.274. The van der Waals surface area contributed by atoms with Crippen LogP contribution in [0.25, 0.3) is 10.9 Å². The van der Waals surface area contributed by atoms with Crippen LogP contribution in [0.3, 0.4) is 0 Å². The van der Waals surface area contributed by atoms with E-state index in [9.17, 15) is 32.7 Å². The van der Waals surface area contributed by atoms with Crippen LogP contribution < -0.4 is 10.1 Å². The van der Waals surface area contributed by atoms with E-state index in [0.717, 1.165) is 12.1 Å². The van der Waals surface area contributed by atoms with Crippen LogP contribution in [0, 0.1) is 0 Å². The predicted molar refractivity (Wildman–Crippen MR) is 139 cm³/mol. The molecular formula is C27H27F3N4O6. The number of fused-ring (bicyclic) bond motifs is 1. The molecule has 2 amide bonds. The number of ether oxygens (including phenoxy) is 2. The molecular weight excluding hydrogens is 533 g/mol. The van der Waals surface area contributed by atoms with Crippen molar-refractivity contribution >= 4 is 40.2 Å². The van der Waals surface area contributed by atoms with Gasteiger partial charge in [0.05, 0.1) is 28.0 Å². The number of hydrogen-bond donors (Lipinski definition) is 2. The molecule has 0 unspecified atom stereocenters. The van der Waals surface area contributed by atoms with Crippen molar-refractivity contribution in [1.29, 1.82) is 0 Å². The molecule has 2 heterocycles. The summed E-state index contributed by atoms with van der Waals surface area (Å²) in [4.78, 5) is 45.1. The van der Waals surface area contributed by atoms with Crippen molar-refractivity contribution in [2.24, 2.45) is 0 Å². The first-order chi connectivity index (χ1) is 18.7. The lowest BCUT2D eigenvalue weighted by Gasteiger charge is -2.35. The Kier molecular flexibility index (Phi) is 7.76. The van der Waals surface area contributed by atoms with E-state index in [4.69, 9.17) is 4.74 Å². The van der Waals surface area contributed by atoms with E-state index in [1.807, 2.05) is 0 Å². The van der Waals surface area contributed by atoms with Crippen LogP contribution in [-0.4, -0.2) is 76.0 Å². The molecule has 3 aromatic rings. The van der Waals surface area contributed by atoms with E-state index >= 15 is 0 Å². The maximum Gasteiger partial charge on any atom is 0.573 e. The SMILES string of the molecule is CC(C)(C)OC(=O)N1CCN(C(=O)c2cnc3ccc(OC(F)(F)F)cc3c2Nc2ccccc2C(=O)O)CC1. The largest absolute Gasteiger partial charge is 0.573 e. The normalized spacial score (nSPS) is 14.2. The molecule has 4 rings (SSSR count). The number of halogens is 3. The molecule has 0 atom stereocenters. The number of alkyl halides is 3. The summed E-state index contributed by atoms with van der Waals surface area (Å²) in [6.45, 7) is 5.99. The van der Waals surface area contributed by atoms with Gasteiger partial charge in [0.2, 0.25) is 0 Å². The molecule has 1 aliphatic rings. The standard InChI is InChI=1S/C27H27F3N4O6/c1-26(2,3)40-25(38)34-12-10-33(11-13-34)23(35)19-15-31-20-9-8-16(39-27(28,29)30)14-18(20)22(19)32-21-7-5-4-6-17(21)24(36)37/h4-9,14-15H,10-13H2,1-3H3,(H,31,32)(H,36,37). The number of carboxylic acid groups (broad SMARTS) is 1. The van der Waals surface area contributed by atoms with E-state index in [-0.39, 0.29) is 59.6 Å². The summed E-state index contributed by atoms with van der Waals surface area (Å²) in [5.74, 6) is -2.28. The molecule has 1 saturated heterocycles. The van der Waals surface area contributed by atoms with E-state index in [1.54, 1.807) is 26.8 Å². The van der Waals surface area contributed by atoms with Gasteiger partial charge >= 0.3 is 18.4 Å². The average Bonchev–Trinajstić information content (AvgIpc) is 2.87. The molecule has 10 nitrogen and oxygen atoms in total. The monoisotopic (exact) mass is 560 g/mol. The van der Waals surface area contributed by atoms with Gasteiger partial charge in [-0.25, -0.2) is 9.59 Å². The summed E-state index contributed by atoms with van der Waals surface area (Å²) in [7, 11) is 0. The van der Waals surface area contributed by atoms with Gasteiger partial charge in [0, 0.05) is 37.8 Å². The molecule has 1 fully saturated rings. The number of nitrogens with zero attached hydrogens (tertiary/aromatic N) is 3. The van der Waals surface area contributed by atoms with Crippen LogP contribution in [0.15, 0.2) is 48.7 Å². The van der Waals surface area contributed by atoms with Crippen LogP contribution in [0.1, 0.15) is 41.5 Å². The van der Waals surface area contributed by atoms with Crippen LogP contribution in [0.5, 0.6) is 5.75 Å². The Hall–Kier alpha value is -4.55. The number of aromatic nitrogens is 1. The smallest absolute Gasteiger partial charge is 0.478 e. The van der Waals surface area contributed by atoms with Crippen molar-refractivity contribution in [2.75, 3.05) is 31.5 Å². The summed E-state index contributed by atoms with van der Waals surface area (Å²) in [6, 6.07) is 9.40. The Morgan fingerprint density at radius 3 is 2.23 bits per heavy atom. The quantitative estimate of drug-likeness (QED) is 0.433. The average molecular weight is 561 g/mol. The molecule has 0 saturated carbocycles. The third kappa shape index (κ3) is 6.71. The van der Waals surface area contributed by atoms with Crippen molar-refractivity contribution < 1.29 is 42.1 Å². The molecule has 0 aliphatic carbocycles. The van der Waals surface area contributed by atoms with Gasteiger partial charge < -0.3 is 29.7 Å². The van der Waals surface area contributed by atoms with Crippen LogP contribution in [0.4, 0.5) is 29.3 Å². The first-order valence-corrected chi connectivity index (χ1v) is 12.3. The van der Waals surface area contributed by atoms with E-state index < -0.39 is 35.7 Å². The zero-order valence-corrected chi connectivity index (χ0v) is 21.9. The number of carboxylic acids is 1. The molecule has 13 heteroatoms. The van der Waals surface area contributed by atoms with Crippen LogP contribution >= 0.6 is 0 Å². The van der Waals surface area contributed by atoms with Crippen LogP contribution in [0.2, 0.25) is 0 Å². The number of para-hydroxylation sites is 1. The van der Waals surface area contributed by atoms with Gasteiger partial charge in [-0.15, -0.1) is 13.2 Å². The number of benzene rings is 2. The Balaban J connectivity index is 1.71. The highest BCUT2D eigenvalue weighted by Crippen LogP contribution is 2.35. The second-order valence-electron chi connectivity index (χ2n) is 10.0. The number of nitrogens with one attached hydrogen (secondary N) is 1. The summed E-state index contributed by atoms with van der Waals surface area (Å²) in [5.41, 5.74) is -0.361. The zero-order chi connectivity index (χ0) is 29.2. The predicted octanol–water partition coefficient (Wildman–Crippen LogP) is 5.27. The molecule has 0 bridgehead atoms. The molecule has 2 aromatic carbocycles. The number of pyridine rings is 1. The Labute approximate surface area is 227 Å². The van der Waals surface area contributed by atoms with Gasteiger partial charge in [0.1, 0.15) is 11.4 Å². The van der Waals surface area contributed by atoms with E-state index in [0.29, 0.717) is 0 Å². The second-order valence-corrected chi connectivity index (χ2v) is 10.0. The highest BCUT2D eigenvalue weighted by Gasteiger charge is 2.32. The molecule has 1 aromatic heterocycles. The van der Waals surface area contributed by atoms with Gasteiger partial charge in [-0.1, -0.05) is 12.1 Å². The van der Waals surface area contributed by atoms with Gasteiger partial charge in [-0.05, 0) is 51.1 Å². The third-order valence-electron chi connectivity index (χ3n) is 5.94. The van der Waals surface area contributed by atoms with Crippen molar-refractivity contribution in [3.63, 3.8) is 0 Å². The number of carbonyl (C=O) groups excluding carboxylic acids is 2. The minimum Gasteiger partial charge on any atom is -0.478 e. The number of hydrogen-bond acceptors (Lipinski definition) is 7. The minimum absolute atomic E-state index is 0.00238. The van der Waals surface area contributed by atoms with Crippen LogP contribution in [-0.2, 0) is 4.74 Å². The molecule has 0 radical (unpaired) electrons. The lowest BCUT2D eigenvalue weighted by atomic mass is 10.1. The Bertz CT molecular complexity index is 1450. The van der Waals surface area contributed by atoms with Gasteiger partial charge in [-0.3, -0.25) is 9.78 Å². The van der Waals surface area contributed by atoms with E-state index in [1.165, 1.54) is 40.3 Å². The topological polar surface area (TPSA) is 121 Å². The number of amides is 2. The fraction of sp³-hybridized carbons (Fsp3) is 0.333. The lowest BCUT2D eigenvalue weighted by Crippen LogP contribution is -2.51. The Morgan fingerprint density at radius 2 is 1.60 bits per heavy atom. The van der Waals surface area contributed by atoms with Crippen molar-refractivity contribution in [3.05, 3.63) is 59.8 Å². The van der Waals surface area contributed by atoms with Crippen molar-refractivity contribution in [1.82, 2.24) is 14.8 Å². The maximum atomic E-state index is 13.7. The number of carbonyl (C=O) groups is 3. The molecule has 0 spiro atoms. The molecule has 212 valence electrons. The number of piperazine rings is 1. The summed E-state index contributed by atoms with van der Waals surface area (Å²) in [5, 5.41) is 12.7. The van der Waals surface area contributed by atoms with Crippen molar-refractivity contribution in [3.8, 4) is 5.75 Å². The number of aromatic carboxylic acids is 1. The van der Waals surface area contributed by atoms with Gasteiger partial charge in [-0.2, -0.15) is 0 Å². The first kappa shape index (κ1) is 28.5. The van der Waals surface area contributed by atoms with Gasteiger partial charge in [0.15, 0.2) is 0 Å². The third-order valence-corrected chi connectivity index (χ3v) is 5.94. The van der Waals surface area contributed by atoms with E-state index in [2.05, 4.69) is 15.0 Å². The first-order valence-electron chi connectivity index (χ1n) is 12.3. The zero-order valence-electron chi connectivity index (χ0n) is 21.9. The fourth-order valence-electron chi connectivity index (χ4n) is 4.17. The minimum atomic E-state index is -4.95. The second kappa shape index (κ2) is 10.9. The molecule has 2 N–H and O–H groups in total. The Morgan fingerprint density at radius 1 is 0.950 bits per heavy atom. The van der Waals surface area contributed by atoms with Crippen molar-refractivity contribution in [2.45, 2.75) is 32.7 Å². The fourth-order valence-corrected chi connectivity index (χ4v) is 4.17. The summed E-state index contributed by atoms with van der Waals surface area (Å²) in [6.07, 6.45) is -4.18. The molecule has 1 aliphatic heterocycles. The van der Waals surface area contributed by atoms with Gasteiger partial charge in [0.25, 0.3) is 5.91 Å². The highest BCUT2D eigenvalue weighted by atomic mass is 19.4. The molecule has 40 heavy (non-hydrogen) atoms.